The Hall–Kier alpha value is -1.13. The predicted molar refractivity (Wildman–Crippen MR) is 83.4 cm³/mol. The maximum Gasteiger partial charge on any atom is 0.123 e. The molecule has 2 rings (SSSR count). The highest BCUT2D eigenvalue weighted by Crippen LogP contribution is 2.29. The van der Waals surface area contributed by atoms with Gasteiger partial charge in [-0.1, -0.05) is 12.1 Å². The van der Waals surface area contributed by atoms with Crippen LogP contribution in [0.3, 0.4) is 0 Å². The summed E-state index contributed by atoms with van der Waals surface area (Å²) >= 11 is 3.49. The molecule has 0 aliphatic carbocycles. The number of hydrogen-bond acceptors (Lipinski definition) is 3. The molecule has 0 radical (unpaired) electrons. The Morgan fingerprint density at radius 3 is 2.42 bits per heavy atom. The first-order valence-corrected chi connectivity index (χ1v) is 8.00. The smallest absolute Gasteiger partial charge is 0.123 e. The number of hydrogen-bond donors (Lipinski definition) is 1. The lowest BCUT2D eigenvalue weighted by atomic mass is 10.2. The molecule has 1 nitrogen and oxygen atoms in total. The average Bonchev–Trinajstić information content (AvgIpc) is 2.41. The molecule has 0 unspecified atom stereocenters. The summed E-state index contributed by atoms with van der Waals surface area (Å²) in [4.78, 5) is 2.24. The third-order valence-corrected chi connectivity index (χ3v) is 5.05. The summed E-state index contributed by atoms with van der Waals surface area (Å²) in [5.74, 6) is 1.77. The number of anilines is 1. The van der Waals surface area contributed by atoms with Crippen LogP contribution in [0.2, 0.25) is 0 Å². The predicted octanol–water partition coefficient (Wildman–Crippen LogP) is 4.60. The van der Waals surface area contributed by atoms with Gasteiger partial charge >= 0.3 is 0 Å². The molecule has 0 heterocycles. The van der Waals surface area contributed by atoms with Crippen LogP contribution in [0.25, 0.3) is 0 Å². The molecule has 0 amide bonds. The van der Waals surface area contributed by atoms with Crippen LogP contribution in [0.5, 0.6) is 0 Å². The summed E-state index contributed by atoms with van der Waals surface area (Å²) in [7, 11) is 0. The fourth-order valence-electron chi connectivity index (χ4n) is 1.62. The minimum Gasteiger partial charge on any atom is -0.398 e. The number of halogens is 1. The van der Waals surface area contributed by atoms with Crippen molar-refractivity contribution in [1.82, 2.24) is 0 Å². The molecule has 2 aromatic rings. The van der Waals surface area contributed by atoms with Crippen LogP contribution in [0.4, 0.5) is 10.1 Å². The Labute approximate surface area is 121 Å². The number of aryl methyl sites for hydroxylation is 1. The van der Waals surface area contributed by atoms with Gasteiger partial charge in [-0.3, -0.25) is 0 Å². The highest BCUT2D eigenvalue weighted by Gasteiger charge is 2.02. The lowest BCUT2D eigenvalue weighted by Gasteiger charge is -2.07. The van der Waals surface area contributed by atoms with Crippen molar-refractivity contribution in [2.75, 3.05) is 17.2 Å². The Bertz CT molecular complexity index is 540. The normalized spacial score (nSPS) is 10.6. The molecule has 0 fully saturated rings. The molecule has 2 N–H and O–H groups in total. The van der Waals surface area contributed by atoms with Gasteiger partial charge in [0.25, 0.3) is 0 Å². The Kier molecular flexibility index (Phi) is 5.16. The van der Waals surface area contributed by atoms with E-state index in [0.717, 1.165) is 32.5 Å². The molecule has 0 bridgehead atoms. The van der Waals surface area contributed by atoms with Crippen molar-refractivity contribution in [1.29, 1.82) is 0 Å². The first-order valence-electron chi connectivity index (χ1n) is 6.03. The second kappa shape index (κ2) is 6.87. The summed E-state index contributed by atoms with van der Waals surface area (Å²) in [6, 6.07) is 12.7. The van der Waals surface area contributed by atoms with Crippen LogP contribution >= 0.6 is 23.5 Å². The van der Waals surface area contributed by atoms with E-state index < -0.39 is 0 Å². The van der Waals surface area contributed by atoms with Crippen LogP contribution in [-0.4, -0.2) is 11.5 Å². The number of nitrogen functional groups attached to an aromatic ring is 1. The van der Waals surface area contributed by atoms with Gasteiger partial charge in [0, 0.05) is 27.0 Å². The van der Waals surface area contributed by atoms with Crippen molar-refractivity contribution < 1.29 is 4.39 Å². The number of thioether (sulfide) groups is 2. The van der Waals surface area contributed by atoms with Crippen LogP contribution in [-0.2, 0) is 0 Å². The van der Waals surface area contributed by atoms with Gasteiger partial charge in [0.1, 0.15) is 5.82 Å². The highest BCUT2D eigenvalue weighted by molar-refractivity contribution is 8.03. The highest BCUT2D eigenvalue weighted by atomic mass is 32.2. The topological polar surface area (TPSA) is 26.0 Å². The van der Waals surface area contributed by atoms with Gasteiger partial charge in [0.15, 0.2) is 0 Å². The molecule has 0 spiro atoms. The summed E-state index contributed by atoms with van der Waals surface area (Å²) < 4.78 is 12.8. The van der Waals surface area contributed by atoms with Crippen LogP contribution in [0.15, 0.2) is 52.3 Å². The fourth-order valence-corrected chi connectivity index (χ4v) is 3.56. The lowest BCUT2D eigenvalue weighted by molar-refractivity contribution is 0.626. The molecular formula is C15H16FNS2. The average molecular weight is 293 g/mol. The number of benzene rings is 2. The SMILES string of the molecule is Cc1cccc(SCCSc2ccc(F)cc2)c1N. The summed E-state index contributed by atoms with van der Waals surface area (Å²) in [6.07, 6.45) is 0. The quantitative estimate of drug-likeness (QED) is 0.495. The Morgan fingerprint density at radius 2 is 1.68 bits per heavy atom. The van der Waals surface area contributed by atoms with E-state index in [0.29, 0.717) is 0 Å². The van der Waals surface area contributed by atoms with Gasteiger partial charge in [-0.15, -0.1) is 23.5 Å². The molecule has 0 aromatic heterocycles. The lowest BCUT2D eigenvalue weighted by Crippen LogP contribution is -1.93. The standard InChI is InChI=1S/C15H16FNS2/c1-11-3-2-4-14(15(11)17)19-10-9-18-13-7-5-12(16)6-8-13/h2-8H,9-10,17H2,1H3. The van der Waals surface area contributed by atoms with E-state index in [9.17, 15) is 4.39 Å². The van der Waals surface area contributed by atoms with Crippen molar-refractivity contribution in [2.24, 2.45) is 0 Å². The first-order chi connectivity index (χ1) is 9.16. The van der Waals surface area contributed by atoms with E-state index in [-0.39, 0.29) is 5.82 Å². The van der Waals surface area contributed by atoms with E-state index in [2.05, 4.69) is 6.07 Å². The fraction of sp³-hybridized carbons (Fsp3) is 0.200. The van der Waals surface area contributed by atoms with Crippen molar-refractivity contribution in [2.45, 2.75) is 16.7 Å². The number of para-hydroxylation sites is 1. The molecule has 0 aliphatic rings. The molecule has 0 saturated carbocycles. The molecule has 4 heteroatoms. The minimum absolute atomic E-state index is 0.189. The molecule has 19 heavy (non-hydrogen) atoms. The van der Waals surface area contributed by atoms with Gasteiger partial charge in [-0.05, 0) is 42.8 Å². The van der Waals surface area contributed by atoms with E-state index in [1.54, 1.807) is 23.5 Å². The second-order valence-corrected chi connectivity index (χ2v) is 6.44. The third-order valence-electron chi connectivity index (χ3n) is 2.71. The van der Waals surface area contributed by atoms with E-state index >= 15 is 0 Å². The molecule has 0 saturated heterocycles. The maximum absolute atomic E-state index is 12.8. The van der Waals surface area contributed by atoms with E-state index in [1.165, 1.54) is 12.1 Å². The largest absolute Gasteiger partial charge is 0.398 e. The molecule has 0 aliphatic heterocycles. The minimum atomic E-state index is -0.189. The zero-order chi connectivity index (χ0) is 13.7. The van der Waals surface area contributed by atoms with Crippen LogP contribution in [0.1, 0.15) is 5.56 Å². The van der Waals surface area contributed by atoms with Crippen molar-refractivity contribution in [3.05, 3.63) is 53.8 Å². The van der Waals surface area contributed by atoms with Crippen molar-refractivity contribution in [3.63, 3.8) is 0 Å². The van der Waals surface area contributed by atoms with Gasteiger partial charge in [0.2, 0.25) is 0 Å². The number of rotatable bonds is 5. The molecule has 100 valence electrons. The molecular weight excluding hydrogens is 277 g/mol. The zero-order valence-corrected chi connectivity index (χ0v) is 12.4. The van der Waals surface area contributed by atoms with E-state index in [1.807, 2.05) is 31.2 Å². The third kappa shape index (κ3) is 4.18. The monoisotopic (exact) mass is 293 g/mol. The van der Waals surface area contributed by atoms with Crippen molar-refractivity contribution in [3.8, 4) is 0 Å². The van der Waals surface area contributed by atoms with Gasteiger partial charge in [0.05, 0.1) is 0 Å². The first kappa shape index (κ1) is 14.3. The summed E-state index contributed by atoms with van der Waals surface area (Å²) in [5.41, 5.74) is 8.02. The van der Waals surface area contributed by atoms with Crippen LogP contribution in [0, 0.1) is 12.7 Å². The van der Waals surface area contributed by atoms with Gasteiger partial charge in [-0.25, -0.2) is 4.39 Å². The van der Waals surface area contributed by atoms with Gasteiger partial charge < -0.3 is 5.73 Å². The second-order valence-electron chi connectivity index (χ2n) is 4.14. The summed E-state index contributed by atoms with van der Waals surface area (Å²) in [5, 5.41) is 0. The zero-order valence-electron chi connectivity index (χ0n) is 10.7. The van der Waals surface area contributed by atoms with E-state index in [4.69, 9.17) is 5.73 Å². The molecule has 2 aromatic carbocycles. The maximum atomic E-state index is 12.8. The Balaban J connectivity index is 1.81. The Morgan fingerprint density at radius 1 is 1.00 bits per heavy atom. The van der Waals surface area contributed by atoms with Crippen molar-refractivity contribution >= 4 is 29.2 Å². The van der Waals surface area contributed by atoms with Crippen LogP contribution < -0.4 is 5.73 Å². The molecule has 0 atom stereocenters. The van der Waals surface area contributed by atoms with Gasteiger partial charge in [-0.2, -0.15) is 0 Å². The number of nitrogens with two attached hydrogens (primary N) is 1. The summed E-state index contributed by atoms with van der Waals surface area (Å²) in [6.45, 7) is 2.02.